The molecule has 1 N–H and O–H groups in total. The van der Waals surface area contributed by atoms with Crippen molar-refractivity contribution < 1.29 is 9.18 Å². The van der Waals surface area contributed by atoms with Crippen LogP contribution in [0.25, 0.3) is 11.0 Å². The van der Waals surface area contributed by atoms with Crippen molar-refractivity contribution in [3.8, 4) is 0 Å². The lowest BCUT2D eigenvalue weighted by molar-refractivity contribution is -0.120. The average Bonchev–Trinajstić information content (AvgIpc) is 3.23. The summed E-state index contributed by atoms with van der Waals surface area (Å²) in [7, 11) is 0. The SMILES string of the molecule is CCc1cccc(C)c1NC(=O)C1CCN(c2nc3ccccc3n2Cc2cccc(F)c2)CC1. The molecule has 1 saturated heterocycles. The minimum absolute atomic E-state index is 0.0309. The van der Waals surface area contributed by atoms with Crippen LogP contribution in [0.5, 0.6) is 0 Å². The van der Waals surface area contributed by atoms with Gasteiger partial charge >= 0.3 is 0 Å². The van der Waals surface area contributed by atoms with Crippen molar-refractivity contribution in [1.29, 1.82) is 0 Å². The summed E-state index contributed by atoms with van der Waals surface area (Å²) in [6.07, 6.45) is 2.42. The summed E-state index contributed by atoms with van der Waals surface area (Å²) in [6.45, 7) is 6.19. The third-order valence-electron chi connectivity index (χ3n) is 7.00. The van der Waals surface area contributed by atoms with E-state index < -0.39 is 0 Å². The first-order chi connectivity index (χ1) is 17.0. The number of benzene rings is 3. The Morgan fingerprint density at radius 3 is 2.60 bits per heavy atom. The highest BCUT2D eigenvalue weighted by molar-refractivity contribution is 5.94. The van der Waals surface area contributed by atoms with Crippen LogP contribution in [0.1, 0.15) is 36.5 Å². The Labute approximate surface area is 205 Å². The normalized spacial score (nSPS) is 14.4. The van der Waals surface area contributed by atoms with Crippen LogP contribution in [0, 0.1) is 18.7 Å². The van der Waals surface area contributed by atoms with Crippen LogP contribution in [0.2, 0.25) is 0 Å². The molecule has 3 aromatic carbocycles. The Morgan fingerprint density at radius 1 is 1.06 bits per heavy atom. The third-order valence-corrected chi connectivity index (χ3v) is 7.00. The van der Waals surface area contributed by atoms with Gasteiger partial charge in [-0.3, -0.25) is 4.79 Å². The molecule has 180 valence electrons. The van der Waals surface area contributed by atoms with Crippen LogP contribution < -0.4 is 10.2 Å². The number of para-hydroxylation sites is 3. The van der Waals surface area contributed by atoms with E-state index in [0.717, 1.165) is 66.1 Å². The number of imidazole rings is 1. The number of rotatable bonds is 6. The number of hydrogen-bond acceptors (Lipinski definition) is 3. The second-order valence-electron chi connectivity index (χ2n) is 9.33. The highest BCUT2D eigenvalue weighted by Gasteiger charge is 2.28. The van der Waals surface area contributed by atoms with Gasteiger partial charge < -0.3 is 14.8 Å². The van der Waals surface area contributed by atoms with E-state index in [2.05, 4.69) is 33.8 Å². The maximum atomic E-state index is 13.8. The summed E-state index contributed by atoms with van der Waals surface area (Å²) in [5.74, 6) is 0.709. The van der Waals surface area contributed by atoms with Gasteiger partial charge in [0, 0.05) is 24.7 Å². The number of fused-ring (bicyclic) bond motifs is 1. The zero-order valence-corrected chi connectivity index (χ0v) is 20.3. The van der Waals surface area contributed by atoms with Gasteiger partial charge in [0.05, 0.1) is 17.6 Å². The van der Waals surface area contributed by atoms with Crippen LogP contribution in [0.4, 0.5) is 16.0 Å². The molecule has 4 aromatic rings. The van der Waals surface area contributed by atoms with Gasteiger partial charge in [0.1, 0.15) is 5.82 Å². The molecule has 0 radical (unpaired) electrons. The van der Waals surface area contributed by atoms with Crippen molar-refractivity contribution in [3.05, 3.63) is 89.2 Å². The maximum absolute atomic E-state index is 13.8. The maximum Gasteiger partial charge on any atom is 0.227 e. The van der Waals surface area contributed by atoms with Crippen molar-refractivity contribution in [2.24, 2.45) is 5.92 Å². The van der Waals surface area contributed by atoms with Crippen LogP contribution >= 0.6 is 0 Å². The van der Waals surface area contributed by atoms with Crippen molar-refractivity contribution in [2.75, 3.05) is 23.3 Å². The van der Waals surface area contributed by atoms with Crippen LogP contribution in [0.3, 0.4) is 0 Å². The highest BCUT2D eigenvalue weighted by atomic mass is 19.1. The molecular weight excluding hydrogens is 439 g/mol. The number of carbonyl (C=O) groups is 1. The highest BCUT2D eigenvalue weighted by Crippen LogP contribution is 2.29. The second kappa shape index (κ2) is 9.90. The number of piperidine rings is 1. The Balaban J connectivity index is 1.33. The lowest BCUT2D eigenvalue weighted by Gasteiger charge is -2.32. The van der Waals surface area contributed by atoms with E-state index in [9.17, 15) is 9.18 Å². The van der Waals surface area contributed by atoms with Crippen LogP contribution in [-0.2, 0) is 17.8 Å². The van der Waals surface area contributed by atoms with E-state index in [1.165, 1.54) is 11.6 Å². The fraction of sp³-hybridized carbons (Fsp3) is 0.310. The second-order valence-corrected chi connectivity index (χ2v) is 9.33. The lowest BCUT2D eigenvalue weighted by atomic mass is 9.95. The number of amides is 1. The summed E-state index contributed by atoms with van der Waals surface area (Å²) in [6, 6.07) is 20.9. The molecule has 2 heterocycles. The molecule has 35 heavy (non-hydrogen) atoms. The molecule has 0 bridgehead atoms. The molecule has 1 amide bonds. The van der Waals surface area contributed by atoms with Gasteiger partial charge in [-0.1, -0.05) is 49.4 Å². The Morgan fingerprint density at radius 2 is 1.83 bits per heavy atom. The van der Waals surface area contributed by atoms with Crippen LogP contribution in [0.15, 0.2) is 66.7 Å². The minimum Gasteiger partial charge on any atom is -0.342 e. The molecule has 1 aliphatic heterocycles. The number of aromatic nitrogens is 2. The number of anilines is 2. The molecule has 6 heteroatoms. The van der Waals surface area contributed by atoms with E-state index in [4.69, 9.17) is 4.98 Å². The summed E-state index contributed by atoms with van der Waals surface area (Å²) in [5.41, 5.74) is 6.07. The first-order valence-electron chi connectivity index (χ1n) is 12.4. The fourth-order valence-corrected chi connectivity index (χ4v) is 5.05. The predicted octanol–water partition coefficient (Wildman–Crippen LogP) is 5.95. The van der Waals surface area contributed by atoms with Gasteiger partial charge in [0.2, 0.25) is 11.9 Å². The van der Waals surface area contributed by atoms with Crippen molar-refractivity contribution in [2.45, 2.75) is 39.7 Å². The van der Waals surface area contributed by atoms with E-state index >= 15 is 0 Å². The number of nitrogens with one attached hydrogen (secondary N) is 1. The van der Waals surface area contributed by atoms with E-state index in [1.807, 2.05) is 43.3 Å². The Hall–Kier alpha value is -3.67. The Bertz CT molecular complexity index is 1350. The number of carbonyl (C=O) groups excluding carboxylic acids is 1. The average molecular weight is 471 g/mol. The molecular formula is C29H31FN4O. The zero-order chi connectivity index (χ0) is 24.4. The minimum atomic E-state index is -0.236. The molecule has 1 aromatic heterocycles. The first-order valence-corrected chi connectivity index (χ1v) is 12.4. The zero-order valence-electron chi connectivity index (χ0n) is 20.3. The summed E-state index contributed by atoms with van der Waals surface area (Å²) < 4.78 is 16.0. The fourth-order valence-electron chi connectivity index (χ4n) is 5.05. The number of aryl methyl sites for hydroxylation is 2. The monoisotopic (exact) mass is 470 g/mol. The summed E-state index contributed by atoms with van der Waals surface area (Å²) >= 11 is 0. The molecule has 0 saturated carbocycles. The van der Waals surface area contributed by atoms with E-state index in [0.29, 0.717) is 6.54 Å². The van der Waals surface area contributed by atoms with E-state index in [-0.39, 0.29) is 17.6 Å². The smallest absolute Gasteiger partial charge is 0.227 e. The van der Waals surface area contributed by atoms with Crippen molar-refractivity contribution in [1.82, 2.24) is 9.55 Å². The standard InChI is InChI=1S/C29H31FN4O/c1-3-22-10-6-8-20(2)27(22)32-28(35)23-14-16-33(17-15-23)29-31-25-12-4-5-13-26(25)34(29)19-21-9-7-11-24(30)18-21/h4-13,18,23H,3,14-17,19H2,1-2H3,(H,32,35). The lowest BCUT2D eigenvalue weighted by Crippen LogP contribution is -2.39. The predicted molar refractivity (Wildman–Crippen MR) is 139 cm³/mol. The first kappa shape index (κ1) is 23.1. The van der Waals surface area contributed by atoms with Crippen LogP contribution in [-0.4, -0.2) is 28.5 Å². The van der Waals surface area contributed by atoms with Gasteiger partial charge in [0.15, 0.2) is 0 Å². The van der Waals surface area contributed by atoms with Crippen molar-refractivity contribution >= 4 is 28.6 Å². The van der Waals surface area contributed by atoms with Gasteiger partial charge in [-0.15, -0.1) is 0 Å². The third kappa shape index (κ3) is 4.78. The largest absolute Gasteiger partial charge is 0.342 e. The molecule has 0 aliphatic carbocycles. The Kier molecular flexibility index (Phi) is 6.53. The molecule has 0 spiro atoms. The van der Waals surface area contributed by atoms with Gasteiger partial charge in [-0.2, -0.15) is 0 Å². The summed E-state index contributed by atoms with van der Waals surface area (Å²) in [5, 5.41) is 3.21. The van der Waals surface area contributed by atoms with Gasteiger partial charge in [-0.25, -0.2) is 9.37 Å². The number of halogens is 1. The molecule has 5 nitrogen and oxygen atoms in total. The quantitative estimate of drug-likeness (QED) is 0.379. The topological polar surface area (TPSA) is 50.2 Å². The van der Waals surface area contributed by atoms with Gasteiger partial charge in [-0.05, 0) is 67.1 Å². The number of nitrogens with zero attached hydrogens (tertiary/aromatic N) is 3. The van der Waals surface area contributed by atoms with Crippen molar-refractivity contribution in [3.63, 3.8) is 0 Å². The van der Waals surface area contributed by atoms with E-state index in [1.54, 1.807) is 12.1 Å². The summed E-state index contributed by atoms with van der Waals surface area (Å²) in [4.78, 5) is 20.3. The molecule has 0 unspecified atom stereocenters. The molecule has 1 fully saturated rings. The number of hydrogen-bond donors (Lipinski definition) is 1. The van der Waals surface area contributed by atoms with Gasteiger partial charge in [0.25, 0.3) is 0 Å². The molecule has 0 atom stereocenters. The molecule has 5 rings (SSSR count). The molecule has 1 aliphatic rings.